The normalized spacial score (nSPS) is 18.4. The number of nitrogens with one attached hydrogen (secondary N) is 1. The first-order valence-electron chi connectivity index (χ1n) is 10.9. The SMILES string of the molecule is CCOC(=O)C(c1ccc(OC)c(OC)c1)C1C=CC(NS(=O)(=O)c2ccc(C(C)=O)cc2)C1. The molecule has 0 fully saturated rings. The molecular weight excluding hydrogens is 458 g/mol. The van der Waals surface area contributed by atoms with E-state index >= 15 is 0 Å². The lowest BCUT2D eigenvalue weighted by Gasteiger charge is -2.23. The molecule has 0 spiro atoms. The molecule has 0 radical (unpaired) electrons. The first kappa shape index (κ1) is 25.5. The number of methoxy groups -OCH3 is 2. The topological polar surface area (TPSA) is 108 Å². The zero-order chi connectivity index (χ0) is 24.9. The summed E-state index contributed by atoms with van der Waals surface area (Å²) in [6.45, 7) is 3.39. The molecule has 3 unspecified atom stereocenters. The Bertz CT molecular complexity index is 1170. The van der Waals surface area contributed by atoms with E-state index in [9.17, 15) is 18.0 Å². The Kier molecular flexibility index (Phi) is 8.11. The van der Waals surface area contributed by atoms with Crippen molar-refractivity contribution in [1.29, 1.82) is 0 Å². The molecule has 0 saturated heterocycles. The Labute approximate surface area is 200 Å². The molecule has 2 aromatic carbocycles. The zero-order valence-corrected chi connectivity index (χ0v) is 20.4. The minimum atomic E-state index is -3.82. The number of sulfonamides is 1. The molecule has 1 aliphatic carbocycles. The van der Waals surface area contributed by atoms with Gasteiger partial charge in [0.15, 0.2) is 17.3 Å². The fraction of sp³-hybridized carbons (Fsp3) is 0.360. The van der Waals surface area contributed by atoms with Gasteiger partial charge in [0.2, 0.25) is 10.0 Å². The number of carbonyl (C=O) groups is 2. The molecule has 0 bridgehead atoms. The standard InChI is InChI=1S/C25H29NO7S/c1-5-33-25(28)24(19-9-13-22(31-3)23(15-19)32-4)18-6-10-20(14-18)26-34(29,30)21-11-7-17(8-12-21)16(2)27/h6-13,15,18,20,24,26H,5,14H2,1-4H3. The molecule has 3 atom stereocenters. The van der Waals surface area contributed by atoms with Crippen molar-refractivity contribution in [3.8, 4) is 11.5 Å². The number of rotatable bonds is 10. The van der Waals surface area contributed by atoms with Crippen molar-refractivity contribution in [2.45, 2.75) is 37.1 Å². The molecule has 0 aromatic heterocycles. The van der Waals surface area contributed by atoms with Crippen LogP contribution in [0, 0.1) is 5.92 Å². The molecule has 0 aliphatic heterocycles. The molecule has 0 amide bonds. The van der Waals surface area contributed by atoms with Crippen LogP contribution in [0.3, 0.4) is 0 Å². The van der Waals surface area contributed by atoms with Crippen LogP contribution in [0.5, 0.6) is 11.5 Å². The van der Waals surface area contributed by atoms with Crippen molar-refractivity contribution in [3.05, 3.63) is 65.7 Å². The monoisotopic (exact) mass is 487 g/mol. The molecule has 3 rings (SSSR count). The summed E-state index contributed by atoms with van der Waals surface area (Å²) in [6, 6.07) is 10.5. The third kappa shape index (κ3) is 5.66. The van der Waals surface area contributed by atoms with Crippen molar-refractivity contribution in [1.82, 2.24) is 4.72 Å². The first-order valence-corrected chi connectivity index (χ1v) is 12.4. The van der Waals surface area contributed by atoms with Crippen molar-refractivity contribution in [2.24, 2.45) is 5.92 Å². The van der Waals surface area contributed by atoms with Gasteiger partial charge in [-0.15, -0.1) is 0 Å². The second-order valence-electron chi connectivity index (χ2n) is 7.94. The molecule has 34 heavy (non-hydrogen) atoms. The van der Waals surface area contributed by atoms with E-state index in [2.05, 4.69) is 4.72 Å². The third-order valence-corrected chi connectivity index (χ3v) is 7.24. The Balaban J connectivity index is 1.80. The quantitative estimate of drug-likeness (QED) is 0.311. The smallest absolute Gasteiger partial charge is 0.314 e. The average molecular weight is 488 g/mol. The van der Waals surface area contributed by atoms with E-state index in [0.29, 0.717) is 29.0 Å². The maximum absolute atomic E-state index is 12.9. The van der Waals surface area contributed by atoms with Gasteiger partial charge in [-0.05, 0) is 56.0 Å². The zero-order valence-electron chi connectivity index (χ0n) is 19.6. The van der Waals surface area contributed by atoms with Gasteiger partial charge in [-0.2, -0.15) is 0 Å². The number of carbonyl (C=O) groups excluding carboxylic acids is 2. The second kappa shape index (κ2) is 10.8. The molecule has 8 nitrogen and oxygen atoms in total. The van der Waals surface area contributed by atoms with Gasteiger partial charge in [0.25, 0.3) is 0 Å². The Hall–Kier alpha value is -3.17. The summed E-state index contributed by atoms with van der Waals surface area (Å²) in [7, 11) is -0.765. The van der Waals surface area contributed by atoms with E-state index in [1.54, 1.807) is 31.2 Å². The highest BCUT2D eigenvalue weighted by atomic mass is 32.2. The van der Waals surface area contributed by atoms with Gasteiger partial charge < -0.3 is 14.2 Å². The molecule has 1 N–H and O–H groups in total. The van der Waals surface area contributed by atoms with Crippen molar-refractivity contribution >= 4 is 21.8 Å². The van der Waals surface area contributed by atoms with E-state index in [-0.39, 0.29) is 23.2 Å². The van der Waals surface area contributed by atoms with Gasteiger partial charge in [0.05, 0.1) is 31.6 Å². The fourth-order valence-electron chi connectivity index (χ4n) is 4.03. The number of benzene rings is 2. The maximum atomic E-state index is 12.9. The van der Waals surface area contributed by atoms with E-state index in [0.717, 1.165) is 0 Å². The van der Waals surface area contributed by atoms with Crippen LogP contribution in [0.15, 0.2) is 59.5 Å². The Morgan fingerprint density at radius 3 is 2.29 bits per heavy atom. The van der Waals surface area contributed by atoms with Crippen LogP contribution < -0.4 is 14.2 Å². The second-order valence-corrected chi connectivity index (χ2v) is 9.65. The maximum Gasteiger partial charge on any atom is 0.314 e. The largest absolute Gasteiger partial charge is 0.493 e. The first-order chi connectivity index (χ1) is 16.2. The Morgan fingerprint density at radius 2 is 1.71 bits per heavy atom. The average Bonchev–Trinajstić information content (AvgIpc) is 3.26. The number of ketones is 1. The van der Waals surface area contributed by atoms with Crippen molar-refractivity contribution in [3.63, 3.8) is 0 Å². The lowest BCUT2D eigenvalue weighted by molar-refractivity contribution is -0.146. The highest BCUT2D eigenvalue weighted by Gasteiger charge is 2.35. The summed E-state index contributed by atoms with van der Waals surface area (Å²) in [5.41, 5.74) is 1.13. The lowest BCUT2D eigenvalue weighted by atomic mass is 9.85. The summed E-state index contributed by atoms with van der Waals surface area (Å²) in [5.74, 6) is -0.434. The molecule has 9 heteroatoms. The third-order valence-electron chi connectivity index (χ3n) is 5.73. The summed E-state index contributed by atoms with van der Waals surface area (Å²) < 4.78 is 44.4. The predicted molar refractivity (Wildman–Crippen MR) is 127 cm³/mol. The van der Waals surface area contributed by atoms with Crippen molar-refractivity contribution in [2.75, 3.05) is 20.8 Å². The van der Waals surface area contributed by atoms with Gasteiger partial charge in [-0.25, -0.2) is 13.1 Å². The minimum absolute atomic E-state index is 0.0659. The minimum Gasteiger partial charge on any atom is -0.493 e. The van der Waals surface area contributed by atoms with E-state index in [4.69, 9.17) is 14.2 Å². The number of Topliss-reactive ketones (excluding diaryl/α,β-unsaturated/α-hetero) is 1. The molecule has 182 valence electrons. The molecule has 2 aromatic rings. The van der Waals surface area contributed by atoms with Gasteiger partial charge in [-0.3, -0.25) is 9.59 Å². The molecule has 1 aliphatic rings. The van der Waals surface area contributed by atoms with Gasteiger partial charge in [0.1, 0.15) is 0 Å². The van der Waals surface area contributed by atoms with Crippen LogP contribution in [0.2, 0.25) is 0 Å². The van der Waals surface area contributed by atoms with Crippen LogP contribution in [0.4, 0.5) is 0 Å². The highest BCUT2D eigenvalue weighted by Crippen LogP contribution is 2.38. The van der Waals surface area contributed by atoms with Gasteiger partial charge in [-0.1, -0.05) is 30.4 Å². The van der Waals surface area contributed by atoms with Crippen molar-refractivity contribution < 1.29 is 32.2 Å². The van der Waals surface area contributed by atoms with Crippen LogP contribution >= 0.6 is 0 Å². The van der Waals surface area contributed by atoms with E-state index in [1.165, 1.54) is 45.4 Å². The van der Waals surface area contributed by atoms with Crippen LogP contribution in [0.1, 0.15) is 42.1 Å². The van der Waals surface area contributed by atoms with E-state index in [1.807, 2.05) is 6.08 Å². The number of hydrogen-bond acceptors (Lipinski definition) is 7. The van der Waals surface area contributed by atoms with Gasteiger partial charge in [0, 0.05) is 11.6 Å². The summed E-state index contributed by atoms with van der Waals surface area (Å²) in [6.07, 6.45) is 3.96. The predicted octanol–water partition coefficient (Wildman–Crippen LogP) is 3.48. The lowest BCUT2D eigenvalue weighted by Crippen LogP contribution is -2.34. The summed E-state index contributed by atoms with van der Waals surface area (Å²) >= 11 is 0. The molecule has 0 heterocycles. The highest BCUT2D eigenvalue weighted by molar-refractivity contribution is 7.89. The van der Waals surface area contributed by atoms with Crippen LogP contribution in [-0.4, -0.2) is 47.0 Å². The van der Waals surface area contributed by atoms with Crippen LogP contribution in [-0.2, 0) is 19.6 Å². The Morgan fingerprint density at radius 1 is 1.03 bits per heavy atom. The number of ether oxygens (including phenoxy) is 3. The van der Waals surface area contributed by atoms with Gasteiger partial charge >= 0.3 is 5.97 Å². The molecular formula is C25H29NO7S. The summed E-state index contributed by atoms with van der Waals surface area (Å²) in [5, 5.41) is 0. The number of esters is 1. The van der Waals surface area contributed by atoms with E-state index < -0.39 is 28.0 Å². The molecule has 0 saturated carbocycles. The summed E-state index contributed by atoms with van der Waals surface area (Å²) in [4.78, 5) is 24.4. The fourth-order valence-corrected chi connectivity index (χ4v) is 5.24. The van der Waals surface area contributed by atoms with Crippen LogP contribution in [0.25, 0.3) is 0 Å². The number of allylic oxidation sites excluding steroid dienone is 1. The number of hydrogen-bond donors (Lipinski definition) is 1.